The SMILES string of the molecule is CCCn1cncc1CNc1ccc(Br)c(OC)c1. The zero-order chi connectivity index (χ0) is 13.7. The molecule has 0 unspecified atom stereocenters. The Balaban J connectivity index is 2.04. The van der Waals surface area contributed by atoms with Crippen molar-refractivity contribution in [2.45, 2.75) is 26.4 Å². The molecule has 0 saturated carbocycles. The van der Waals surface area contributed by atoms with Crippen molar-refractivity contribution in [3.8, 4) is 5.75 Å². The summed E-state index contributed by atoms with van der Waals surface area (Å²) in [5.74, 6) is 0.826. The fraction of sp³-hybridized carbons (Fsp3) is 0.357. The van der Waals surface area contributed by atoms with Gasteiger partial charge in [-0.2, -0.15) is 0 Å². The molecule has 4 nitrogen and oxygen atoms in total. The number of ether oxygens (including phenoxy) is 1. The molecule has 1 N–H and O–H groups in total. The van der Waals surface area contributed by atoms with E-state index in [4.69, 9.17) is 4.74 Å². The highest BCUT2D eigenvalue weighted by molar-refractivity contribution is 9.10. The first-order valence-electron chi connectivity index (χ1n) is 6.31. The van der Waals surface area contributed by atoms with Crippen LogP contribution in [-0.4, -0.2) is 16.7 Å². The number of aryl methyl sites for hydroxylation is 1. The van der Waals surface area contributed by atoms with Crippen molar-refractivity contribution < 1.29 is 4.74 Å². The molecule has 0 spiro atoms. The zero-order valence-corrected chi connectivity index (χ0v) is 12.8. The third-order valence-electron chi connectivity index (χ3n) is 2.89. The van der Waals surface area contributed by atoms with E-state index in [0.717, 1.165) is 35.4 Å². The van der Waals surface area contributed by atoms with E-state index in [1.54, 1.807) is 7.11 Å². The highest BCUT2D eigenvalue weighted by Gasteiger charge is 2.04. The molecule has 2 rings (SSSR count). The van der Waals surface area contributed by atoms with E-state index in [1.807, 2.05) is 30.7 Å². The number of aromatic nitrogens is 2. The monoisotopic (exact) mass is 323 g/mol. The Morgan fingerprint density at radius 1 is 1.42 bits per heavy atom. The van der Waals surface area contributed by atoms with Crippen molar-refractivity contribution in [2.75, 3.05) is 12.4 Å². The molecular weight excluding hydrogens is 306 g/mol. The van der Waals surface area contributed by atoms with Crippen LogP contribution in [0.4, 0.5) is 5.69 Å². The lowest BCUT2D eigenvalue weighted by molar-refractivity contribution is 0.412. The van der Waals surface area contributed by atoms with Crippen LogP contribution in [0.1, 0.15) is 19.0 Å². The summed E-state index contributed by atoms with van der Waals surface area (Å²) in [5, 5.41) is 3.39. The van der Waals surface area contributed by atoms with Gasteiger partial charge >= 0.3 is 0 Å². The molecule has 0 fully saturated rings. The van der Waals surface area contributed by atoms with Gasteiger partial charge in [-0.1, -0.05) is 6.92 Å². The number of rotatable bonds is 6. The van der Waals surface area contributed by atoms with Crippen molar-refractivity contribution in [2.24, 2.45) is 0 Å². The molecule has 0 bridgehead atoms. The van der Waals surface area contributed by atoms with Gasteiger partial charge in [0, 0.05) is 24.5 Å². The minimum atomic E-state index is 0.755. The Hall–Kier alpha value is -1.49. The number of imidazole rings is 1. The third-order valence-corrected chi connectivity index (χ3v) is 3.54. The van der Waals surface area contributed by atoms with Crippen LogP contribution in [0.15, 0.2) is 35.2 Å². The molecule has 19 heavy (non-hydrogen) atoms. The first-order chi connectivity index (χ1) is 9.24. The normalized spacial score (nSPS) is 10.5. The van der Waals surface area contributed by atoms with Crippen LogP contribution in [0, 0.1) is 0 Å². The summed E-state index contributed by atoms with van der Waals surface area (Å²) in [6.45, 7) is 3.92. The lowest BCUT2D eigenvalue weighted by Crippen LogP contribution is -2.07. The maximum absolute atomic E-state index is 5.28. The second-order valence-corrected chi connectivity index (χ2v) is 5.14. The van der Waals surface area contributed by atoms with Crippen LogP contribution in [0.5, 0.6) is 5.75 Å². The van der Waals surface area contributed by atoms with Crippen molar-refractivity contribution in [1.82, 2.24) is 9.55 Å². The lowest BCUT2D eigenvalue weighted by atomic mass is 10.3. The summed E-state index contributed by atoms with van der Waals surface area (Å²) < 4.78 is 8.41. The minimum Gasteiger partial charge on any atom is -0.495 e. The fourth-order valence-corrected chi connectivity index (χ4v) is 2.31. The highest BCUT2D eigenvalue weighted by Crippen LogP contribution is 2.28. The molecule has 1 aromatic carbocycles. The Morgan fingerprint density at radius 2 is 2.26 bits per heavy atom. The molecule has 2 aromatic rings. The molecular formula is C14H18BrN3O. The molecule has 0 aliphatic heterocycles. The summed E-state index contributed by atoms with van der Waals surface area (Å²) in [4.78, 5) is 4.19. The number of anilines is 1. The summed E-state index contributed by atoms with van der Waals surface area (Å²) >= 11 is 3.45. The second kappa shape index (κ2) is 6.61. The Bertz CT molecular complexity index is 539. The minimum absolute atomic E-state index is 0.755. The van der Waals surface area contributed by atoms with Crippen LogP contribution in [0.25, 0.3) is 0 Å². The van der Waals surface area contributed by atoms with Gasteiger partial charge in [-0.25, -0.2) is 4.98 Å². The predicted molar refractivity (Wildman–Crippen MR) is 80.5 cm³/mol. The molecule has 0 saturated heterocycles. The lowest BCUT2D eigenvalue weighted by Gasteiger charge is -2.11. The number of nitrogens with one attached hydrogen (secondary N) is 1. The molecule has 0 aliphatic rings. The summed E-state index contributed by atoms with van der Waals surface area (Å²) in [6, 6.07) is 5.97. The fourth-order valence-electron chi connectivity index (χ4n) is 1.90. The van der Waals surface area contributed by atoms with Gasteiger partial charge in [0.25, 0.3) is 0 Å². The molecule has 0 radical (unpaired) electrons. The molecule has 0 amide bonds. The van der Waals surface area contributed by atoms with Crippen molar-refractivity contribution in [3.63, 3.8) is 0 Å². The smallest absolute Gasteiger partial charge is 0.135 e. The van der Waals surface area contributed by atoms with Gasteiger partial charge < -0.3 is 14.6 Å². The van der Waals surface area contributed by atoms with Gasteiger partial charge in [0.2, 0.25) is 0 Å². The molecule has 0 atom stereocenters. The first kappa shape index (κ1) is 13.9. The topological polar surface area (TPSA) is 39.1 Å². The quantitative estimate of drug-likeness (QED) is 0.881. The number of benzene rings is 1. The summed E-state index contributed by atoms with van der Waals surface area (Å²) in [5.41, 5.74) is 2.22. The Morgan fingerprint density at radius 3 is 3.00 bits per heavy atom. The van der Waals surface area contributed by atoms with Gasteiger partial charge in [-0.05, 0) is 34.5 Å². The summed E-state index contributed by atoms with van der Waals surface area (Å²) in [6.07, 6.45) is 4.89. The number of halogens is 1. The van der Waals surface area contributed by atoms with Gasteiger partial charge in [0.1, 0.15) is 5.75 Å². The first-order valence-corrected chi connectivity index (χ1v) is 7.10. The summed E-state index contributed by atoms with van der Waals surface area (Å²) in [7, 11) is 1.67. The molecule has 0 aliphatic carbocycles. The van der Waals surface area contributed by atoms with Crippen LogP contribution in [-0.2, 0) is 13.1 Å². The Labute approximate surface area is 121 Å². The average Bonchev–Trinajstić information content (AvgIpc) is 2.86. The zero-order valence-electron chi connectivity index (χ0n) is 11.2. The van der Waals surface area contributed by atoms with Gasteiger partial charge in [-0.15, -0.1) is 0 Å². The van der Waals surface area contributed by atoms with E-state index in [1.165, 1.54) is 5.69 Å². The van der Waals surface area contributed by atoms with E-state index in [2.05, 4.69) is 37.7 Å². The van der Waals surface area contributed by atoms with Crippen LogP contribution >= 0.6 is 15.9 Å². The predicted octanol–water partition coefficient (Wildman–Crippen LogP) is 3.68. The molecule has 102 valence electrons. The van der Waals surface area contributed by atoms with E-state index in [-0.39, 0.29) is 0 Å². The molecule has 1 aromatic heterocycles. The maximum atomic E-state index is 5.28. The molecule has 5 heteroatoms. The van der Waals surface area contributed by atoms with E-state index < -0.39 is 0 Å². The standard InChI is InChI=1S/C14H18BrN3O/c1-3-6-18-10-16-8-12(18)9-17-11-4-5-13(15)14(7-11)19-2/h4-5,7-8,10,17H,3,6,9H2,1-2H3. The average molecular weight is 324 g/mol. The number of nitrogens with zero attached hydrogens (tertiary/aromatic N) is 2. The van der Waals surface area contributed by atoms with Crippen LogP contribution in [0.3, 0.4) is 0 Å². The van der Waals surface area contributed by atoms with E-state index in [0.29, 0.717) is 0 Å². The van der Waals surface area contributed by atoms with Crippen molar-refractivity contribution >= 4 is 21.6 Å². The largest absolute Gasteiger partial charge is 0.495 e. The van der Waals surface area contributed by atoms with E-state index in [9.17, 15) is 0 Å². The number of methoxy groups -OCH3 is 1. The van der Waals surface area contributed by atoms with Gasteiger partial charge in [0.05, 0.1) is 30.1 Å². The maximum Gasteiger partial charge on any atom is 0.135 e. The second-order valence-electron chi connectivity index (χ2n) is 4.28. The number of hydrogen-bond donors (Lipinski definition) is 1. The van der Waals surface area contributed by atoms with Crippen LogP contribution in [0.2, 0.25) is 0 Å². The van der Waals surface area contributed by atoms with E-state index >= 15 is 0 Å². The Kier molecular flexibility index (Phi) is 4.85. The van der Waals surface area contributed by atoms with Crippen molar-refractivity contribution in [3.05, 3.63) is 40.9 Å². The van der Waals surface area contributed by atoms with Crippen molar-refractivity contribution in [1.29, 1.82) is 0 Å². The van der Waals surface area contributed by atoms with Gasteiger partial charge in [0.15, 0.2) is 0 Å². The highest BCUT2D eigenvalue weighted by atomic mass is 79.9. The molecule has 1 heterocycles. The number of hydrogen-bond acceptors (Lipinski definition) is 3. The van der Waals surface area contributed by atoms with Crippen LogP contribution < -0.4 is 10.1 Å². The van der Waals surface area contributed by atoms with Gasteiger partial charge in [-0.3, -0.25) is 0 Å². The third kappa shape index (κ3) is 3.50.